The molecule has 0 spiro atoms. The topological polar surface area (TPSA) is 79.2 Å². The maximum atomic E-state index is 7.40. The fraction of sp³-hybridized carbons (Fsp3) is 0.923. The SMILES string of the molecule is C1COCCOCCOCCOCCOCCO1.N#[C][K]. The molecule has 0 aromatic heterocycles. The summed E-state index contributed by atoms with van der Waals surface area (Å²) in [6, 6.07) is 0. The second-order valence-corrected chi connectivity index (χ2v) is 4.60. The van der Waals surface area contributed by atoms with Crippen molar-refractivity contribution in [3.8, 4) is 0.164 Å². The fourth-order valence-electron chi connectivity index (χ4n) is 1.32. The van der Waals surface area contributed by atoms with Gasteiger partial charge < -0.3 is 28.4 Å². The summed E-state index contributed by atoms with van der Waals surface area (Å²) in [6.07, 6.45) is 0. The maximum absolute atomic E-state index is 7.40. The first-order valence-electron chi connectivity index (χ1n) is 7.19. The van der Waals surface area contributed by atoms with Crippen LogP contribution in [0.1, 0.15) is 0 Å². The zero-order valence-electron chi connectivity index (χ0n) is 12.9. The van der Waals surface area contributed by atoms with Crippen LogP contribution < -0.4 is 0 Å². The standard InChI is InChI=1S/C12H24O6.CN.K/c1-2-14-5-6-16-9-10-18-12-11-17-8-7-15-4-3-13-1;1-2;/h1-12H2;;. The van der Waals surface area contributed by atoms with E-state index in [1.165, 1.54) is 0 Å². The molecule has 1 aliphatic heterocycles. The summed E-state index contributed by atoms with van der Waals surface area (Å²) in [5, 5.41) is 7.40. The van der Waals surface area contributed by atoms with Crippen LogP contribution in [0.3, 0.4) is 0 Å². The van der Waals surface area contributed by atoms with Crippen LogP contribution >= 0.6 is 0 Å². The Morgan fingerprint density at radius 3 is 0.667 bits per heavy atom. The number of ether oxygens (including phenoxy) is 6. The molecule has 0 bridgehead atoms. The van der Waals surface area contributed by atoms with Gasteiger partial charge in [-0.3, -0.25) is 0 Å². The summed E-state index contributed by atoms with van der Waals surface area (Å²) in [7, 11) is 0. The zero-order chi connectivity index (χ0) is 15.4. The number of nitriles is 1. The van der Waals surface area contributed by atoms with Gasteiger partial charge in [-0.15, -0.1) is 0 Å². The molecule has 1 heterocycles. The molecule has 1 rings (SSSR count). The van der Waals surface area contributed by atoms with E-state index in [1.54, 1.807) is 0 Å². The molecular formula is C13H24KNO6. The molecule has 0 N–H and O–H groups in total. The summed E-state index contributed by atoms with van der Waals surface area (Å²) in [4.78, 5) is 0. The van der Waals surface area contributed by atoms with Crippen LogP contribution in [0.5, 0.6) is 0 Å². The molecule has 1 aliphatic rings. The molecule has 0 aromatic rings. The van der Waals surface area contributed by atoms with Crippen molar-refractivity contribution in [1.82, 2.24) is 0 Å². The third-order valence-corrected chi connectivity index (χ3v) is 2.23. The van der Waals surface area contributed by atoms with Crippen LogP contribution in [-0.4, -0.2) is 128 Å². The first kappa shape index (κ1) is 21.9. The molecule has 21 heavy (non-hydrogen) atoms. The number of rotatable bonds is 0. The Morgan fingerprint density at radius 2 is 0.571 bits per heavy atom. The van der Waals surface area contributed by atoms with E-state index in [9.17, 15) is 0 Å². The zero-order valence-corrected chi connectivity index (χ0v) is 16.0. The Hall–Kier alpha value is 0.886. The molecule has 0 aromatic carbocycles. The molecule has 1 fully saturated rings. The van der Waals surface area contributed by atoms with Crippen molar-refractivity contribution in [3.63, 3.8) is 0 Å². The first-order chi connectivity index (χ1) is 10.4. The minimum atomic E-state index is 0.410. The number of nitrogens with zero attached hydrogens (tertiary/aromatic N) is 1. The van der Waals surface area contributed by atoms with Gasteiger partial charge in [0.05, 0.1) is 79.3 Å². The van der Waals surface area contributed by atoms with Gasteiger partial charge in [-0.05, 0) is 0 Å². The van der Waals surface area contributed by atoms with Gasteiger partial charge in [0.25, 0.3) is 0 Å². The average Bonchev–Trinajstić information content (AvgIpc) is 2.48. The van der Waals surface area contributed by atoms with Crippen molar-refractivity contribution in [2.24, 2.45) is 0 Å². The van der Waals surface area contributed by atoms with Crippen molar-refractivity contribution >= 4 is 49.0 Å². The van der Waals surface area contributed by atoms with E-state index >= 15 is 0 Å². The molecule has 118 valence electrons. The minimum absolute atomic E-state index is 0.410. The van der Waals surface area contributed by atoms with Crippen LogP contribution in [0.25, 0.3) is 0 Å². The van der Waals surface area contributed by atoms with E-state index in [2.05, 4.69) is 0 Å². The molecule has 1 saturated heterocycles. The Kier molecular flexibility index (Phi) is 21.8. The van der Waals surface area contributed by atoms with Crippen molar-refractivity contribution in [2.75, 3.05) is 79.3 Å². The summed E-state index contributed by atoms with van der Waals surface area (Å²) >= 11 is 0.410. The quantitative estimate of drug-likeness (QED) is 0.566. The third kappa shape index (κ3) is 20.9. The van der Waals surface area contributed by atoms with Crippen molar-refractivity contribution in [3.05, 3.63) is 0 Å². The molecule has 0 aliphatic carbocycles. The normalized spacial score (nSPS) is 21.0. The third-order valence-electron chi connectivity index (χ3n) is 2.23. The molecule has 7 nitrogen and oxygen atoms in total. The number of hydrogen-bond acceptors (Lipinski definition) is 7. The summed E-state index contributed by atoms with van der Waals surface area (Å²) in [5.41, 5.74) is 0. The Labute approximate surface area is 160 Å². The predicted octanol–water partition coefficient (Wildman–Crippen LogP) is -0.264. The monoisotopic (exact) mass is 329 g/mol. The predicted molar refractivity (Wildman–Crippen MR) is 76.3 cm³/mol. The van der Waals surface area contributed by atoms with Gasteiger partial charge in [0.15, 0.2) is 0 Å². The van der Waals surface area contributed by atoms with E-state index in [4.69, 9.17) is 33.7 Å². The van der Waals surface area contributed by atoms with E-state index in [0.29, 0.717) is 128 Å². The van der Waals surface area contributed by atoms with Gasteiger partial charge >= 0.3 is 54.4 Å². The Bertz CT molecular complexity index is 164. The Balaban J connectivity index is 0.00000122. The molecule has 0 saturated carbocycles. The fourth-order valence-corrected chi connectivity index (χ4v) is 1.32. The molecule has 0 radical (unpaired) electrons. The van der Waals surface area contributed by atoms with Crippen LogP contribution in [-0.2, 0) is 28.4 Å². The van der Waals surface area contributed by atoms with Gasteiger partial charge in [-0.25, -0.2) is 0 Å². The summed E-state index contributed by atoms with van der Waals surface area (Å²) in [5.74, 6) is 0. The van der Waals surface area contributed by atoms with Crippen LogP contribution in [0, 0.1) is 5.43 Å². The van der Waals surface area contributed by atoms with Gasteiger partial charge in [0.2, 0.25) is 0 Å². The first-order valence-corrected chi connectivity index (χ1v) is 8.75. The van der Waals surface area contributed by atoms with E-state index < -0.39 is 0 Å². The van der Waals surface area contributed by atoms with Crippen LogP contribution in [0.4, 0.5) is 0 Å². The van der Waals surface area contributed by atoms with E-state index in [0.717, 1.165) is 0 Å². The molecular weight excluding hydrogens is 305 g/mol. The van der Waals surface area contributed by atoms with Crippen molar-refractivity contribution in [1.29, 1.82) is 5.26 Å². The summed E-state index contributed by atoms with van der Waals surface area (Å²) < 4.78 is 33.9. The summed E-state index contributed by atoms with van der Waals surface area (Å²) in [6.45, 7) is 7.04. The second kappa shape index (κ2) is 20.9. The van der Waals surface area contributed by atoms with Crippen LogP contribution in [0.15, 0.2) is 0 Å². The van der Waals surface area contributed by atoms with Gasteiger partial charge in [0.1, 0.15) is 0 Å². The number of hydrogen-bond donors (Lipinski definition) is 0. The average molecular weight is 329 g/mol. The molecule has 8 heteroatoms. The van der Waals surface area contributed by atoms with Crippen molar-refractivity contribution < 1.29 is 28.4 Å². The van der Waals surface area contributed by atoms with Gasteiger partial charge in [0, 0.05) is 0 Å². The van der Waals surface area contributed by atoms with E-state index in [-0.39, 0.29) is 0 Å². The van der Waals surface area contributed by atoms with E-state index in [1.807, 2.05) is 0.164 Å². The molecule has 0 amide bonds. The van der Waals surface area contributed by atoms with Crippen LogP contribution in [0.2, 0.25) is 0 Å². The molecule has 0 atom stereocenters. The Morgan fingerprint density at radius 1 is 0.476 bits per heavy atom. The second-order valence-electron chi connectivity index (χ2n) is 3.90. The van der Waals surface area contributed by atoms with Crippen molar-refractivity contribution in [2.45, 2.75) is 0 Å². The van der Waals surface area contributed by atoms with Gasteiger partial charge in [-0.1, -0.05) is 0 Å². The molecule has 0 unspecified atom stereocenters. The van der Waals surface area contributed by atoms with Gasteiger partial charge in [-0.2, -0.15) is 0 Å².